The van der Waals surface area contributed by atoms with Gasteiger partial charge in [-0.05, 0) is 18.2 Å². The van der Waals surface area contributed by atoms with Crippen LogP contribution in [0.2, 0.25) is 0 Å². The van der Waals surface area contributed by atoms with Crippen molar-refractivity contribution in [2.75, 3.05) is 14.1 Å². The van der Waals surface area contributed by atoms with E-state index in [0.717, 1.165) is 0 Å². The van der Waals surface area contributed by atoms with Crippen molar-refractivity contribution in [2.45, 2.75) is 0 Å². The van der Waals surface area contributed by atoms with Crippen LogP contribution in [0.5, 0.6) is 0 Å². The van der Waals surface area contributed by atoms with E-state index in [-0.39, 0.29) is 23.0 Å². The number of carbonyl (C=O) groups excluding carboxylic acids is 1. The second kappa shape index (κ2) is 4.89. The van der Waals surface area contributed by atoms with Crippen LogP contribution in [0.25, 0.3) is 5.82 Å². The molecule has 2 rings (SSSR count). The Hall–Kier alpha value is -2.70. The lowest BCUT2D eigenvalue weighted by Gasteiger charge is -2.07. The van der Waals surface area contributed by atoms with E-state index in [0.29, 0.717) is 0 Å². The fraction of sp³-hybridized carbons (Fsp3) is 0.167. The van der Waals surface area contributed by atoms with Crippen LogP contribution in [0.3, 0.4) is 0 Å². The summed E-state index contributed by atoms with van der Waals surface area (Å²) in [6.45, 7) is 0. The smallest absolute Gasteiger partial charge is 0.339 e. The molecule has 0 spiro atoms. The number of rotatable bonds is 3. The third-order valence-corrected chi connectivity index (χ3v) is 2.45. The first-order chi connectivity index (χ1) is 9.00. The van der Waals surface area contributed by atoms with Gasteiger partial charge in [-0.25, -0.2) is 14.5 Å². The summed E-state index contributed by atoms with van der Waals surface area (Å²) in [5, 5.41) is 13.1. The number of carboxylic acid groups (broad SMARTS) is 1. The van der Waals surface area contributed by atoms with E-state index in [1.807, 2.05) is 0 Å². The van der Waals surface area contributed by atoms with Gasteiger partial charge in [0.15, 0.2) is 11.5 Å². The fourth-order valence-electron chi connectivity index (χ4n) is 1.53. The number of carbonyl (C=O) groups is 2. The minimum absolute atomic E-state index is 0.0226. The van der Waals surface area contributed by atoms with Gasteiger partial charge in [0, 0.05) is 26.5 Å². The van der Waals surface area contributed by atoms with Crippen molar-refractivity contribution in [1.29, 1.82) is 0 Å². The number of pyridine rings is 1. The fourth-order valence-corrected chi connectivity index (χ4v) is 1.53. The standard InChI is InChI=1S/C12H12N4O3/c1-15(2)11(17)9-5-7-16(14-9)10-8(12(18)19)4-3-6-13-10/h3-7H,1-2H3,(H,18,19). The second-order valence-corrected chi connectivity index (χ2v) is 4.02. The van der Waals surface area contributed by atoms with E-state index in [2.05, 4.69) is 10.1 Å². The minimum atomic E-state index is -1.10. The minimum Gasteiger partial charge on any atom is -0.478 e. The third-order valence-electron chi connectivity index (χ3n) is 2.45. The molecule has 19 heavy (non-hydrogen) atoms. The molecule has 0 fully saturated rings. The summed E-state index contributed by atoms with van der Waals surface area (Å²) in [5.41, 5.74) is 0.251. The molecule has 1 N–H and O–H groups in total. The lowest BCUT2D eigenvalue weighted by molar-refractivity contribution is 0.0696. The summed E-state index contributed by atoms with van der Waals surface area (Å²) in [6, 6.07) is 4.48. The molecule has 0 atom stereocenters. The molecule has 98 valence electrons. The Morgan fingerprint density at radius 3 is 2.68 bits per heavy atom. The number of aromatic carboxylic acids is 1. The molecule has 1 amide bonds. The van der Waals surface area contributed by atoms with Crippen molar-refractivity contribution in [3.63, 3.8) is 0 Å². The molecule has 0 saturated heterocycles. The zero-order valence-electron chi connectivity index (χ0n) is 10.4. The molecule has 0 bridgehead atoms. The monoisotopic (exact) mass is 260 g/mol. The van der Waals surface area contributed by atoms with Crippen LogP contribution in [0.4, 0.5) is 0 Å². The Labute approximate surface area is 109 Å². The average molecular weight is 260 g/mol. The van der Waals surface area contributed by atoms with Gasteiger partial charge in [-0.15, -0.1) is 0 Å². The maximum Gasteiger partial charge on any atom is 0.339 e. The van der Waals surface area contributed by atoms with Crippen molar-refractivity contribution in [3.05, 3.63) is 41.9 Å². The molecule has 0 aliphatic rings. The molecule has 2 heterocycles. The van der Waals surface area contributed by atoms with E-state index < -0.39 is 5.97 Å². The number of carboxylic acids is 1. The zero-order valence-corrected chi connectivity index (χ0v) is 10.4. The van der Waals surface area contributed by atoms with Gasteiger partial charge < -0.3 is 10.0 Å². The Balaban J connectivity index is 2.44. The molecule has 7 nitrogen and oxygen atoms in total. The number of aromatic nitrogens is 3. The van der Waals surface area contributed by atoms with Gasteiger partial charge in [-0.2, -0.15) is 5.10 Å². The first-order valence-corrected chi connectivity index (χ1v) is 5.46. The summed E-state index contributed by atoms with van der Waals surface area (Å²) in [7, 11) is 3.23. The highest BCUT2D eigenvalue weighted by Crippen LogP contribution is 2.11. The molecule has 0 aromatic carbocycles. The molecule has 0 saturated carbocycles. The van der Waals surface area contributed by atoms with E-state index in [4.69, 9.17) is 5.11 Å². The van der Waals surface area contributed by atoms with E-state index in [1.54, 1.807) is 14.1 Å². The Morgan fingerprint density at radius 1 is 1.32 bits per heavy atom. The van der Waals surface area contributed by atoms with Crippen molar-refractivity contribution in [2.24, 2.45) is 0 Å². The average Bonchev–Trinajstić information content (AvgIpc) is 2.87. The lowest BCUT2D eigenvalue weighted by atomic mass is 10.2. The second-order valence-electron chi connectivity index (χ2n) is 4.02. The predicted octanol–water partition coefficient (Wildman–Crippen LogP) is 0.667. The Kier molecular flexibility index (Phi) is 3.28. The van der Waals surface area contributed by atoms with E-state index in [9.17, 15) is 9.59 Å². The maximum atomic E-state index is 11.7. The zero-order chi connectivity index (χ0) is 14.0. The topological polar surface area (TPSA) is 88.3 Å². The van der Waals surface area contributed by atoms with Crippen molar-refractivity contribution in [1.82, 2.24) is 19.7 Å². The van der Waals surface area contributed by atoms with Gasteiger partial charge in [0.2, 0.25) is 0 Å². The van der Waals surface area contributed by atoms with Crippen LogP contribution in [0.15, 0.2) is 30.6 Å². The molecule has 7 heteroatoms. The SMILES string of the molecule is CN(C)C(=O)c1ccn(-c2ncccc2C(=O)O)n1. The van der Waals surface area contributed by atoms with E-state index >= 15 is 0 Å². The predicted molar refractivity (Wildman–Crippen MR) is 66.3 cm³/mol. The molecule has 2 aromatic rings. The third kappa shape index (κ3) is 2.44. The largest absolute Gasteiger partial charge is 0.478 e. The van der Waals surface area contributed by atoms with Crippen LogP contribution in [0, 0.1) is 0 Å². The summed E-state index contributed by atoms with van der Waals surface area (Å²) in [4.78, 5) is 28.2. The molecule has 0 aliphatic heterocycles. The molecular formula is C12H12N4O3. The molecular weight excluding hydrogens is 248 g/mol. The van der Waals surface area contributed by atoms with Crippen molar-refractivity contribution < 1.29 is 14.7 Å². The normalized spacial score (nSPS) is 10.2. The lowest BCUT2D eigenvalue weighted by Crippen LogP contribution is -2.22. The highest BCUT2D eigenvalue weighted by Gasteiger charge is 2.16. The van der Waals surface area contributed by atoms with Crippen LogP contribution >= 0.6 is 0 Å². The summed E-state index contributed by atoms with van der Waals surface area (Å²) in [5.74, 6) is -1.18. The van der Waals surface area contributed by atoms with Gasteiger partial charge in [-0.1, -0.05) is 0 Å². The first kappa shape index (κ1) is 12.7. The number of hydrogen-bond acceptors (Lipinski definition) is 4. The van der Waals surface area contributed by atoms with Crippen LogP contribution in [-0.2, 0) is 0 Å². The first-order valence-electron chi connectivity index (χ1n) is 5.46. The summed E-state index contributed by atoms with van der Waals surface area (Å²) >= 11 is 0. The number of amides is 1. The Bertz CT molecular complexity index is 633. The van der Waals surface area contributed by atoms with Gasteiger partial charge in [0.1, 0.15) is 5.56 Å². The number of nitrogens with zero attached hydrogens (tertiary/aromatic N) is 4. The highest BCUT2D eigenvalue weighted by atomic mass is 16.4. The van der Waals surface area contributed by atoms with Gasteiger partial charge in [-0.3, -0.25) is 4.79 Å². The van der Waals surface area contributed by atoms with Crippen LogP contribution in [-0.4, -0.2) is 50.7 Å². The molecule has 2 aromatic heterocycles. The molecule has 0 unspecified atom stereocenters. The van der Waals surface area contributed by atoms with Crippen LogP contribution < -0.4 is 0 Å². The van der Waals surface area contributed by atoms with Crippen LogP contribution in [0.1, 0.15) is 20.8 Å². The highest BCUT2D eigenvalue weighted by molar-refractivity contribution is 5.92. The van der Waals surface area contributed by atoms with Gasteiger partial charge >= 0.3 is 5.97 Å². The Morgan fingerprint density at radius 2 is 2.05 bits per heavy atom. The van der Waals surface area contributed by atoms with Gasteiger partial charge in [0.05, 0.1) is 0 Å². The summed E-state index contributed by atoms with van der Waals surface area (Å²) < 4.78 is 1.28. The maximum absolute atomic E-state index is 11.7. The number of hydrogen-bond donors (Lipinski definition) is 1. The molecule has 0 radical (unpaired) electrons. The van der Waals surface area contributed by atoms with Crippen molar-refractivity contribution in [3.8, 4) is 5.82 Å². The van der Waals surface area contributed by atoms with Crippen molar-refractivity contribution >= 4 is 11.9 Å². The van der Waals surface area contributed by atoms with Gasteiger partial charge in [0.25, 0.3) is 5.91 Å². The van der Waals surface area contributed by atoms with E-state index in [1.165, 1.54) is 40.2 Å². The summed E-state index contributed by atoms with van der Waals surface area (Å²) in [6.07, 6.45) is 2.97. The molecule has 0 aliphatic carbocycles. The quantitative estimate of drug-likeness (QED) is 0.876.